The second-order valence-corrected chi connectivity index (χ2v) is 7.97. The molecule has 160 valence electrons. The summed E-state index contributed by atoms with van der Waals surface area (Å²) in [6.45, 7) is 2.52. The van der Waals surface area contributed by atoms with E-state index in [1.165, 1.54) is 11.6 Å². The zero-order chi connectivity index (χ0) is 22.1. The first-order valence-corrected chi connectivity index (χ1v) is 10.8. The van der Waals surface area contributed by atoms with E-state index in [0.29, 0.717) is 6.54 Å². The Morgan fingerprint density at radius 1 is 0.969 bits per heavy atom. The monoisotopic (exact) mass is 425 g/mol. The smallest absolute Gasteiger partial charge is 0.318 e. The molecule has 0 bridgehead atoms. The van der Waals surface area contributed by atoms with Crippen LogP contribution >= 0.6 is 0 Å². The third-order valence-corrected chi connectivity index (χ3v) is 6.04. The van der Waals surface area contributed by atoms with E-state index in [9.17, 15) is 9.18 Å². The lowest BCUT2D eigenvalue weighted by Gasteiger charge is -2.31. The average molecular weight is 426 g/mol. The number of carbonyl (C=O) groups is 1. The number of urea groups is 1. The van der Waals surface area contributed by atoms with E-state index in [2.05, 4.69) is 47.1 Å². The van der Waals surface area contributed by atoms with Gasteiger partial charge in [-0.3, -0.25) is 0 Å². The summed E-state index contributed by atoms with van der Waals surface area (Å²) in [5.41, 5.74) is 5.49. The molecule has 3 aromatic carbocycles. The molecule has 1 N–H and O–H groups in total. The molecule has 0 radical (unpaired) electrons. The minimum Gasteiger partial charge on any atom is -0.318 e. The van der Waals surface area contributed by atoms with Crippen LogP contribution in [0.1, 0.15) is 35.3 Å². The maximum absolute atomic E-state index is 14.3. The van der Waals surface area contributed by atoms with E-state index >= 15 is 0 Å². The first kappa shape index (κ1) is 20.1. The molecule has 0 saturated carbocycles. The summed E-state index contributed by atoms with van der Waals surface area (Å²) in [7, 11) is 0. The fraction of sp³-hybridized carbons (Fsp3) is 0.148. The number of nitrogens with one attached hydrogen (secondary N) is 1. The topological polar surface area (TPSA) is 37.3 Å². The van der Waals surface area contributed by atoms with Gasteiger partial charge in [-0.15, -0.1) is 0 Å². The molecule has 32 heavy (non-hydrogen) atoms. The van der Waals surface area contributed by atoms with E-state index in [1.54, 1.807) is 23.1 Å². The summed E-state index contributed by atoms with van der Waals surface area (Å²) in [5.74, 6) is -0.455. The maximum Gasteiger partial charge on any atom is 0.323 e. The van der Waals surface area contributed by atoms with Gasteiger partial charge in [-0.05, 0) is 53.4 Å². The lowest BCUT2D eigenvalue weighted by atomic mass is 10.00. The number of rotatable bonds is 3. The molecule has 0 saturated heterocycles. The highest BCUT2D eigenvalue weighted by Crippen LogP contribution is 2.37. The van der Waals surface area contributed by atoms with Gasteiger partial charge in [0.15, 0.2) is 0 Å². The van der Waals surface area contributed by atoms with Crippen LogP contribution < -0.4 is 5.32 Å². The fourth-order valence-electron chi connectivity index (χ4n) is 4.38. The zero-order valence-electron chi connectivity index (χ0n) is 17.8. The molecule has 1 aromatic heterocycles. The quantitative estimate of drug-likeness (QED) is 0.410. The predicted octanol–water partition coefficient (Wildman–Crippen LogP) is 6.32. The van der Waals surface area contributed by atoms with Crippen molar-refractivity contribution in [1.82, 2.24) is 9.47 Å². The molecule has 0 unspecified atom stereocenters. The van der Waals surface area contributed by atoms with Crippen molar-refractivity contribution in [3.63, 3.8) is 0 Å². The van der Waals surface area contributed by atoms with Gasteiger partial charge in [-0.25, -0.2) is 9.18 Å². The van der Waals surface area contributed by atoms with Crippen molar-refractivity contribution in [2.24, 2.45) is 0 Å². The van der Waals surface area contributed by atoms with Crippen LogP contribution in [0.15, 0.2) is 91.1 Å². The van der Waals surface area contributed by atoms with Crippen LogP contribution in [0.4, 0.5) is 14.9 Å². The third kappa shape index (κ3) is 3.56. The molecule has 1 atom stereocenters. The number of benzene rings is 3. The number of halogens is 1. The molecule has 2 amide bonds. The maximum atomic E-state index is 14.3. The third-order valence-electron chi connectivity index (χ3n) is 6.04. The zero-order valence-corrected chi connectivity index (χ0v) is 17.8. The normalized spacial score (nSPS) is 14.9. The van der Waals surface area contributed by atoms with Gasteiger partial charge >= 0.3 is 6.03 Å². The minimum absolute atomic E-state index is 0.172. The molecule has 0 fully saturated rings. The van der Waals surface area contributed by atoms with Crippen molar-refractivity contribution in [2.75, 3.05) is 5.32 Å². The van der Waals surface area contributed by atoms with Gasteiger partial charge in [0.1, 0.15) is 5.82 Å². The van der Waals surface area contributed by atoms with Gasteiger partial charge in [-0.1, -0.05) is 61.5 Å². The second-order valence-electron chi connectivity index (χ2n) is 7.97. The molecular weight excluding hydrogens is 401 g/mol. The van der Waals surface area contributed by atoms with Gasteiger partial charge in [0.05, 0.1) is 24.0 Å². The van der Waals surface area contributed by atoms with Crippen LogP contribution in [0, 0.1) is 5.82 Å². The number of hydrogen-bond donors (Lipinski definition) is 1. The Morgan fingerprint density at radius 2 is 1.72 bits per heavy atom. The number of aromatic nitrogens is 1. The molecule has 1 aliphatic heterocycles. The van der Waals surface area contributed by atoms with Crippen LogP contribution in [0.2, 0.25) is 0 Å². The summed E-state index contributed by atoms with van der Waals surface area (Å²) in [6, 6.07) is 26.1. The standard InChI is InChI=1S/C27H24FN3O/c1-2-19-13-15-20(16-14-19)26-25-12-7-17-30(25)24-11-6-3-8-21(24)18-31(26)27(32)29-23-10-5-4-9-22(23)28/h3-17,26H,2,18H2,1H3,(H,29,32)/t26-/m0/s1. The Bertz CT molecular complexity index is 1260. The molecule has 4 nitrogen and oxygen atoms in total. The number of anilines is 1. The molecule has 2 heterocycles. The first-order valence-electron chi connectivity index (χ1n) is 10.8. The Morgan fingerprint density at radius 3 is 2.50 bits per heavy atom. The Balaban J connectivity index is 1.63. The van der Waals surface area contributed by atoms with E-state index in [4.69, 9.17) is 0 Å². The fourth-order valence-corrected chi connectivity index (χ4v) is 4.38. The van der Waals surface area contributed by atoms with Crippen molar-refractivity contribution in [1.29, 1.82) is 0 Å². The summed E-state index contributed by atoms with van der Waals surface area (Å²) in [4.78, 5) is 15.3. The van der Waals surface area contributed by atoms with Crippen LogP contribution in [-0.4, -0.2) is 15.5 Å². The van der Waals surface area contributed by atoms with Crippen molar-refractivity contribution in [3.8, 4) is 5.69 Å². The van der Waals surface area contributed by atoms with Crippen molar-refractivity contribution >= 4 is 11.7 Å². The highest BCUT2D eigenvalue weighted by Gasteiger charge is 2.33. The van der Waals surface area contributed by atoms with Crippen molar-refractivity contribution in [2.45, 2.75) is 25.9 Å². The number of carbonyl (C=O) groups excluding carboxylic acids is 1. The van der Waals surface area contributed by atoms with E-state index in [-0.39, 0.29) is 17.8 Å². The Kier molecular flexibility index (Phi) is 5.23. The summed E-state index contributed by atoms with van der Waals surface area (Å²) in [6.07, 6.45) is 2.98. The molecule has 4 aromatic rings. The number of fused-ring (bicyclic) bond motifs is 3. The van der Waals surface area contributed by atoms with E-state index in [0.717, 1.165) is 28.9 Å². The lowest BCUT2D eigenvalue weighted by Crippen LogP contribution is -2.38. The van der Waals surface area contributed by atoms with Crippen LogP contribution in [0.25, 0.3) is 5.69 Å². The van der Waals surface area contributed by atoms with Gasteiger partial charge < -0.3 is 14.8 Å². The van der Waals surface area contributed by atoms with Crippen LogP contribution in [-0.2, 0) is 13.0 Å². The van der Waals surface area contributed by atoms with Crippen molar-refractivity contribution < 1.29 is 9.18 Å². The number of aryl methyl sites for hydroxylation is 1. The van der Waals surface area contributed by atoms with Gasteiger partial charge in [0.2, 0.25) is 0 Å². The SMILES string of the molecule is CCc1ccc([C@H]2c3cccn3-c3ccccc3CN2C(=O)Nc2ccccc2F)cc1. The van der Waals surface area contributed by atoms with Crippen LogP contribution in [0.5, 0.6) is 0 Å². The number of hydrogen-bond acceptors (Lipinski definition) is 1. The largest absolute Gasteiger partial charge is 0.323 e. The van der Waals surface area contributed by atoms with Gasteiger partial charge in [0, 0.05) is 11.9 Å². The predicted molar refractivity (Wildman–Crippen MR) is 124 cm³/mol. The highest BCUT2D eigenvalue weighted by atomic mass is 19.1. The van der Waals surface area contributed by atoms with E-state index < -0.39 is 5.82 Å². The lowest BCUT2D eigenvalue weighted by molar-refractivity contribution is 0.194. The highest BCUT2D eigenvalue weighted by molar-refractivity contribution is 5.90. The number of para-hydroxylation sites is 2. The van der Waals surface area contributed by atoms with Crippen LogP contribution in [0.3, 0.4) is 0 Å². The molecular formula is C27H24FN3O. The number of nitrogens with zero attached hydrogens (tertiary/aromatic N) is 2. The number of amides is 2. The first-order chi connectivity index (χ1) is 15.7. The molecule has 5 heteroatoms. The molecule has 5 rings (SSSR count). The summed E-state index contributed by atoms with van der Waals surface area (Å²) >= 11 is 0. The van der Waals surface area contributed by atoms with Gasteiger partial charge in [0.25, 0.3) is 0 Å². The molecule has 0 aliphatic carbocycles. The average Bonchev–Trinajstić information content (AvgIpc) is 3.25. The second kappa shape index (κ2) is 8.35. The van der Waals surface area contributed by atoms with E-state index in [1.807, 2.05) is 36.5 Å². The molecule has 1 aliphatic rings. The summed E-state index contributed by atoms with van der Waals surface area (Å²) in [5, 5.41) is 2.79. The van der Waals surface area contributed by atoms with Gasteiger partial charge in [-0.2, -0.15) is 0 Å². The summed E-state index contributed by atoms with van der Waals surface area (Å²) < 4.78 is 16.4. The van der Waals surface area contributed by atoms with Crippen molar-refractivity contribution in [3.05, 3.63) is 119 Å². The Hall–Kier alpha value is -3.86. The minimum atomic E-state index is -0.455. The molecule has 0 spiro atoms. The Labute approximate surface area is 186 Å².